The number of nitrogens with one attached hydrogen (secondary N) is 1. The highest BCUT2D eigenvalue weighted by atomic mass is 35.5. The van der Waals surface area contributed by atoms with E-state index in [1.807, 2.05) is 18.2 Å². The fraction of sp³-hybridized carbons (Fsp3) is 0.316. The third kappa shape index (κ3) is 5.92. The van der Waals surface area contributed by atoms with E-state index in [1.54, 1.807) is 12.1 Å². The van der Waals surface area contributed by atoms with Crippen molar-refractivity contribution in [3.8, 4) is 0 Å². The minimum Gasteiger partial charge on any atom is -0.369 e. The Morgan fingerprint density at radius 3 is 2.40 bits per heavy atom. The number of nitrogens with zero attached hydrogens (tertiary/aromatic N) is 2. The molecule has 2 aromatic carbocycles. The molecule has 1 aliphatic rings. The van der Waals surface area contributed by atoms with Crippen LogP contribution in [0.3, 0.4) is 0 Å². The molecule has 1 N–H and O–H groups in total. The molecule has 0 bridgehead atoms. The lowest BCUT2D eigenvalue weighted by molar-refractivity contribution is -0.116. The molecule has 1 amide bonds. The van der Waals surface area contributed by atoms with Crippen molar-refractivity contribution >= 4 is 41.3 Å². The van der Waals surface area contributed by atoms with Crippen LogP contribution in [0.2, 0.25) is 5.02 Å². The van der Waals surface area contributed by atoms with Gasteiger partial charge in [0, 0.05) is 55.5 Å². The Bertz CT molecular complexity index is 673. The van der Waals surface area contributed by atoms with Gasteiger partial charge in [0.15, 0.2) is 0 Å². The molecule has 134 valence electrons. The minimum atomic E-state index is 0. The number of piperazine rings is 1. The van der Waals surface area contributed by atoms with E-state index >= 15 is 0 Å². The van der Waals surface area contributed by atoms with Gasteiger partial charge in [-0.3, -0.25) is 9.69 Å². The maximum Gasteiger partial charge on any atom is 0.225 e. The van der Waals surface area contributed by atoms with Crippen molar-refractivity contribution in [2.75, 3.05) is 42.9 Å². The van der Waals surface area contributed by atoms with Gasteiger partial charge < -0.3 is 10.2 Å². The standard InChI is InChI=1S/C19H22ClN3O.ClH/c20-16-5-4-6-17(15-16)21-19(24)9-10-22-11-13-23(14-12-22)18-7-2-1-3-8-18;/h1-8,15H,9-14H2,(H,21,24);1H. The normalized spacial score (nSPS) is 14.7. The number of para-hydroxylation sites is 1. The number of hydrogen-bond donors (Lipinski definition) is 1. The zero-order valence-corrected chi connectivity index (χ0v) is 15.6. The summed E-state index contributed by atoms with van der Waals surface area (Å²) in [6.45, 7) is 4.76. The van der Waals surface area contributed by atoms with Gasteiger partial charge in [-0.1, -0.05) is 35.9 Å². The Labute approximate surface area is 160 Å². The van der Waals surface area contributed by atoms with Crippen molar-refractivity contribution in [3.63, 3.8) is 0 Å². The summed E-state index contributed by atoms with van der Waals surface area (Å²) < 4.78 is 0. The minimum absolute atomic E-state index is 0. The van der Waals surface area contributed by atoms with Gasteiger partial charge >= 0.3 is 0 Å². The number of anilines is 2. The number of carbonyl (C=O) groups is 1. The van der Waals surface area contributed by atoms with Crippen LogP contribution in [-0.4, -0.2) is 43.5 Å². The van der Waals surface area contributed by atoms with Gasteiger partial charge in [-0.2, -0.15) is 0 Å². The predicted molar refractivity (Wildman–Crippen MR) is 107 cm³/mol. The first-order valence-corrected chi connectivity index (χ1v) is 8.66. The van der Waals surface area contributed by atoms with E-state index in [4.69, 9.17) is 11.6 Å². The maximum absolute atomic E-state index is 12.1. The van der Waals surface area contributed by atoms with E-state index in [0.717, 1.165) is 38.4 Å². The molecule has 0 saturated carbocycles. The average molecular weight is 380 g/mol. The van der Waals surface area contributed by atoms with E-state index in [2.05, 4.69) is 39.4 Å². The van der Waals surface area contributed by atoms with E-state index < -0.39 is 0 Å². The Kier molecular flexibility index (Phi) is 7.56. The monoisotopic (exact) mass is 379 g/mol. The summed E-state index contributed by atoms with van der Waals surface area (Å²) in [5.41, 5.74) is 2.03. The van der Waals surface area contributed by atoms with Gasteiger partial charge in [-0.25, -0.2) is 0 Å². The summed E-state index contributed by atoms with van der Waals surface area (Å²) in [6.07, 6.45) is 0.498. The van der Waals surface area contributed by atoms with Crippen LogP contribution in [-0.2, 0) is 4.79 Å². The molecule has 1 aliphatic heterocycles. The summed E-state index contributed by atoms with van der Waals surface area (Å²) >= 11 is 5.93. The second kappa shape index (κ2) is 9.66. The Hall–Kier alpha value is -1.75. The van der Waals surface area contributed by atoms with Crippen LogP contribution in [0.25, 0.3) is 0 Å². The predicted octanol–water partition coefficient (Wildman–Crippen LogP) is 3.91. The third-order valence-electron chi connectivity index (χ3n) is 4.26. The van der Waals surface area contributed by atoms with Gasteiger partial charge in [0.1, 0.15) is 0 Å². The van der Waals surface area contributed by atoms with Gasteiger partial charge in [0.05, 0.1) is 0 Å². The van der Waals surface area contributed by atoms with Crippen LogP contribution in [0.1, 0.15) is 6.42 Å². The second-order valence-electron chi connectivity index (χ2n) is 5.97. The average Bonchev–Trinajstić information content (AvgIpc) is 2.61. The lowest BCUT2D eigenvalue weighted by Gasteiger charge is -2.36. The van der Waals surface area contributed by atoms with Crippen LogP contribution >= 0.6 is 24.0 Å². The molecule has 1 saturated heterocycles. The number of halogens is 2. The Morgan fingerprint density at radius 2 is 1.72 bits per heavy atom. The Balaban J connectivity index is 0.00000225. The van der Waals surface area contributed by atoms with Crippen LogP contribution in [0.5, 0.6) is 0 Å². The van der Waals surface area contributed by atoms with E-state index in [1.165, 1.54) is 5.69 Å². The molecule has 0 radical (unpaired) electrons. The molecule has 1 heterocycles. The third-order valence-corrected chi connectivity index (χ3v) is 4.49. The van der Waals surface area contributed by atoms with Gasteiger partial charge in [-0.05, 0) is 30.3 Å². The van der Waals surface area contributed by atoms with Crippen LogP contribution < -0.4 is 10.2 Å². The number of hydrogen-bond acceptors (Lipinski definition) is 3. The number of benzene rings is 2. The van der Waals surface area contributed by atoms with E-state index in [0.29, 0.717) is 11.4 Å². The fourth-order valence-corrected chi connectivity index (χ4v) is 3.11. The van der Waals surface area contributed by atoms with Crippen molar-refractivity contribution in [1.29, 1.82) is 0 Å². The molecule has 4 nitrogen and oxygen atoms in total. The molecule has 0 unspecified atom stereocenters. The van der Waals surface area contributed by atoms with Crippen molar-refractivity contribution < 1.29 is 4.79 Å². The molecular weight excluding hydrogens is 357 g/mol. The molecule has 0 spiro atoms. The summed E-state index contributed by atoms with van der Waals surface area (Å²) in [6, 6.07) is 17.7. The molecule has 1 fully saturated rings. The maximum atomic E-state index is 12.1. The first-order valence-electron chi connectivity index (χ1n) is 8.28. The molecule has 25 heavy (non-hydrogen) atoms. The first kappa shape index (κ1) is 19.6. The SMILES string of the molecule is Cl.O=C(CCN1CCN(c2ccccc2)CC1)Nc1cccc(Cl)c1. The molecule has 0 aromatic heterocycles. The fourth-order valence-electron chi connectivity index (χ4n) is 2.92. The quantitative estimate of drug-likeness (QED) is 0.854. The van der Waals surface area contributed by atoms with Crippen molar-refractivity contribution in [2.45, 2.75) is 6.42 Å². The smallest absolute Gasteiger partial charge is 0.225 e. The summed E-state index contributed by atoms with van der Waals surface area (Å²) in [5, 5.41) is 3.53. The summed E-state index contributed by atoms with van der Waals surface area (Å²) in [4.78, 5) is 16.8. The molecule has 3 rings (SSSR count). The number of rotatable bonds is 5. The summed E-state index contributed by atoms with van der Waals surface area (Å²) in [7, 11) is 0. The highest BCUT2D eigenvalue weighted by Gasteiger charge is 2.17. The number of amides is 1. The summed E-state index contributed by atoms with van der Waals surface area (Å²) in [5.74, 6) is 0.0303. The zero-order chi connectivity index (χ0) is 16.8. The zero-order valence-electron chi connectivity index (χ0n) is 14.0. The lowest BCUT2D eigenvalue weighted by atomic mass is 10.2. The van der Waals surface area contributed by atoms with Crippen LogP contribution in [0, 0.1) is 0 Å². The lowest BCUT2D eigenvalue weighted by Crippen LogP contribution is -2.47. The first-order chi connectivity index (χ1) is 11.7. The number of carbonyl (C=O) groups excluding carboxylic acids is 1. The topological polar surface area (TPSA) is 35.6 Å². The molecule has 6 heteroatoms. The van der Waals surface area contributed by atoms with Gasteiger partial charge in [0.2, 0.25) is 5.91 Å². The Morgan fingerprint density at radius 1 is 1.00 bits per heavy atom. The van der Waals surface area contributed by atoms with Gasteiger partial charge in [-0.15, -0.1) is 12.4 Å². The second-order valence-corrected chi connectivity index (χ2v) is 6.41. The van der Waals surface area contributed by atoms with Crippen LogP contribution in [0.15, 0.2) is 54.6 Å². The largest absolute Gasteiger partial charge is 0.369 e. The molecule has 0 aliphatic carbocycles. The van der Waals surface area contributed by atoms with Crippen molar-refractivity contribution in [1.82, 2.24) is 4.90 Å². The van der Waals surface area contributed by atoms with Crippen molar-refractivity contribution in [3.05, 3.63) is 59.6 Å². The van der Waals surface area contributed by atoms with Crippen molar-refractivity contribution in [2.24, 2.45) is 0 Å². The van der Waals surface area contributed by atoms with E-state index in [-0.39, 0.29) is 18.3 Å². The highest BCUT2D eigenvalue weighted by molar-refractivity contribution is 6.30. The molecular formula is C19H23Cl2N3O. The van der Waals surface area contributed by atoms with Crippen LogP contribution in [0.4, 0.5) is 11.4 Å². The molecule has 2 aromatic rings. The molecule has 0 atom stereocenters. The van der Waals surface area contributed by atoms with E-state index in [9.17, 15) is 4.79 Å². The highest BCUT2D eigenvalue weighted by Crippen LogP contribution is 2.16. The van der Waals surface area contributed by atoms with Gasteiger partial charge in [0.25, 0.3) is 0 Å².